The minimum atomic E-state index is -1.01. The van der Waals surface area contributed by atoms with Crippen LogP contribution in [-0.4, -0.2) is 47.2 Å². The van der Waals surface area contributed by atoms with E-state index in [1.165, 1.54) is 0 Å². The van der Waals surface area contributed by atoms with Crippen molar-refractivity contribution in [3.05, 3.63) is 32.4 Å². The standard InChI is InChI=1S/C13H13ClINO4/c1-13(20-5-11(17)18)6-16(7-13)12(19)8-2-3-10(15)9(14)4-8/h2-4H,5-7H2,1H3,(H,17,18). The quantitative estimate of drug-likeness (QED) is 0.775. The molecule has 0 atom stereocenters. The molecule has 0 radical (unpaired) electrons. The second-order valence-electron chi connectivity index (χ2n) is 4.92. The smallest absolute Gasteiger partial charge is 0.329 e. The Balaban J connectivity index is 1.96. The summed E-state index contributed by atoms with van der Waals surface area (Å²) in [6, 6.07) is 5.15. The van der Waals surface area contributed by atoms with Gasteiger partial charge in [-0.25, -0.2) is 4.79 Å². The molecule has 0 spiro atoms. The number of carbonyl (C=O) groups excluding carboxylic acids is 1. The first-order chi connectivity index (χ1) is 9.31. The van der Waals surface area contributed by atoms with Gasteiger partial charge in [-0.3, -0.25) is 4.79 Å². The van der Waals surface area contributed by atoms with Crippen LogP contribution in [0.3, 0.4) is 0 Å². The fourth-order valence-corrected chi connectivity index (χ4v) is 2.56. The van der Waals surface area contributed by atoms with Gasteiger partial charge >= 0.3 is 5.97 Å². The van der Waals surface area contributed by atoms with Crippen LogP contribution in [-0.2, 0) is 9.53 Å². The maximum absolute atomic E-state index is 12.2. The van der Waals surface area contributed by atoms with Gasteiger partial charge < -0.3 is 14.7 Å². The van der Waals surface area contributed by atoms with Crippen molar-refractivity contribution in [1.82, 2.24) is 4.90 Å². The van der Waals surface area contributed by atoms with E-state index in [1.54, 1.807) is 30.0 Å². The second kappa shape index (κ2) is 5.87. The summed E-state index contributed by atoms with van der Waals surface area (Å²) < 4.78 is 6.15. The highest BCUT2D eigenvalue weighted by Gasteiger charge is 2.42. The van der Waals surface area contributed by atoms with E-state index in [1.807, 2.05) is 0 Å². The molecule has 108 valence electrons. The van der Waals surface area contributed by atoms with Crippen molar-refractivity contribution in [2.75, 3.05) is 19.7 Å². The number of carboxylic acids is 1. The van der Waals surface area contributed by atoms with Crippen LogP contribution in [0.1, 0.15) is 17.3 Å². The van der Waals surface area contributed by atoms with Crippen molar-refractivity contribution in [3.8, 4) is 0 Å². The van der Waals surface area contributed by atoms with E-state index >= 15 is 0 Å². The molecule has 1 heterocycles. The number of amides is 1. The van der Waals surface area contributed by atoms with E-state index in [-0.39, 0.29) is 12.5 Å². The van der Waals surface area contributed by atoms with E-state index in [4.69, 9.17) is 21.4 Å². The van der Waals surface area contributed by atoms with Crippen LogP contribution in [0, 0.1) is 3.57 Å². The largest absolute Gasteiger partial charge is 0.480 e. The van der Waals surface area contributed by atoms with Crippen LogP contribution in [0.15, 0.2) is 18.2 Å². The number of ether oxygens (including phenoxy) is 1. The number of carboxylic acid groups (broad SMARTS) is 1. The number of rotatable bonds is 4. The maximum Gasteiger partial charge on any atom is 0.329 e. The van der Waals surface area contributed by atoms with Gasteiger partial charge in [0.05, 0.1) is 18.1 Å². The summed E-state index contributed by atoms with van der Waals surface area (Å²) in [7, 11) is 0. The molecule has 1 aromatic carbocycles. The molecule has 0 aromatic heterocycles. The molecule has 5 nitrogen and oxygen atoms in total. The van der Waals surface area contributed by atoms with Gasteiger partial charge in [0.1, 0.15) is 12.2 Å². The predicted octanol–water partition coefficient (Wildman–Crippen LogP) is 2.26. The molecule has 2 rings (SSSR count). The Labute approximate surface area is 135 Å². The molecule has 1 N–H and O–H groups in total. The third-order valence-corrected chi connectivity index (χ3v) is 4.62. The molecule has 7 heteroatoms. The van der Waals surface area contributed by atoms with Gasteiger partial charge in [-0.1, -0.05) is 11.6 Å². The summed E-state index contributed by atoms with van der Waals surface area (Å²) in [6.07, 6.45) is 0. The Morgan fingerprint density at radius 2 is 2.15 bits per heavy atom. The van der Waals surface area contributed by atoms with Crippen LogP contribution in [0.5, 0.6) is 0 Å². The zero-order valence-corrected chi connectivity index (χ0v) is 13.6. The highest BCUT2D eigenvalue weighted by Crippen LogP contribution is 2.27. The predicted molar refractivity (Wildman–Crippen MR) is 82.1 cm³/mol. The lowest BCUT2D eigenvalue weighted by Gasteiger charge is -2.47. The molecular weight excluding hydrogens is 397 g/mol. The van der Waals surface area contributed by atoms with Crippen molar-refractivity contribution in [3.63, 3.8) is 0 Å². The fraction of sp³-hybridized carbons (Fsp3) is 0.385. The first-order valence-electron chi connectivity index (χ1n) is 5.91. The van der Waals surface area contributed by atoms with Crippen LogP contribution in [0.2, 0.25) is 5.02 Å². The van der Waals surface area contributed by atoms with Crippen molar-refractivity contribution < 1.29 is 19.4 Å². The Morgan fingerprint density at radius 3 is 2.70 bits per heavy atom. The topological polar surface area (TPSA) is 66.8 Å². The highest BCUT2D eigenvalue weighted by molar-refractivity contribution is 14.1. The third kappa shape index (κ3) is 3.42. The average Bonchev–Trinajstić information content (AvgIpc) is 2.35. The van der Waals surface area contributed by atoms with Gasteiger partial charge in [-0.2, -0.15) is 0 Å². The molecule has 1 saturated heterocycles. The molecule has 0 saturated carbocycles. The second-order valence-corrected chi connectivity index (χ2v) is 6.49. The number of likely N-dealkylation sites (tertiary alicyclic amines) is 1. The van der Waals surface area contributed by atoms with Crippen LogP contribution < -0.4 is 0 Å². The zero-order chi connectivity index (χ0) is 14.9. The number of benzene rings is 1. The Kier molecular flexibility index (Phi) is 4.55. The summed E-state index contributed by atoms with van der Waals surface area (Å²) >= 11 is 8.09. The Hall–Kier alpha value is -0.860. The molecule has 1 aromatic rings. The third-order valence-electron chi connectivity index (χ3n) is 3.05. The molecule has 1 aliphatic heterocycles. The van der Waals surface area contributed by atoms with Gasteiger partial charge in [0.15, 0.2) is 0 Å². The summed E-state index contributed by atoms with van der Waals surface area (Å²) in [5.41, 5.74) is -0.0585. The molecular formula is C13H13ClINO4. The first kappa shape index (κ1) is 15.5. The molecule has 0 bridgehead atoms. The van der Waals surface area contributed by atoms with Gasteiger partial charge in [0.2, 0.25) is 0 Å². The summed E-state index contributed by atoms with van der Waals surface area (Å²) in [6.45, 7) is 2.19. The molecule has 0 aliphatic carbocycles. The van der Waals surface area contributed by atoms with E-state index < -0.39 is 11.6 Å². The maximum atomic E-state index is 12.2. The van der Waals surface area contributed by atoms with Crippen LogP contribution >= 0.6 is 34.2 Å². The number of carbonyl (C=O) groups is 2. The van der Waals surface area contributed by atoms with E-state index in [9.17, 15) is 9.59 Å². The molecule has 1 amide bonds. The first-order valence-corrected chi connectivity index (χ1v) is 7.36. The Bertz CT molecular complexity index is 557. The SMILES string of the molecule is CC1(OCC(=O)O)CN(C(=O)c2ccc(I)c(Cl)c2)C1. The number of hydrogen-bond donors (Lipinski definition) is 1. The minimum Gasteiger partial charge on any atom is -0.480 e. The summed E-state index contributed by atoms with van der Waals surface area (Å²) in [4.78, 5) is 24.3. The van der Waals surface area contributed by atoms with E-state index in [2.05, 4.69) is 22.6 Å². The average molecular weight is 410 g/mol. The van der Waals surface area contributed by atoms with E-state index in [0.717, 1.165) is 3.57 Å². The highest BCUT2D eigenvalue weighted by atomic mass is 127. The van der Waals surface area contributed by atoms with Gasteiger partial charge in [-0.05, 0) is 47.7 Å². The number of halogens is 2. The number of aliphatic carboxylic acids is 1. The lowest BCUT2D eigenvalue weighted by Crippen LogP contribution is -2.63. The van der Waals surface area contributed by atoms with Crippen LogP contribution in [0.4, 0.5) is 0 Å². The van der Waals surface area contributed by atoms with Gasteiger partial charge in [0.25, 0.3) is 5.91 Å². The minimum absolute atomic E-state index is 0.125. The lowest BCUT2D eigenvalue weighted by atomic mass is 9.95. The summed E-state index contributed by atoms with van der Waals surface area (Å²) in [5.74, 6) is -1.14. The number of hydrogen-bond acceptors (Lipinski definition) is 3. The molecule has 0 unspecified atom stereocenters. The fourth-order valence-electron chi connectivity index (χ4n) is 2.04. The summed E-state index contributed by atoms with van der Waals surface area (Å²) in [5, 5.41) is 9.13. The van der Waals surface area contributed by atoms with E-state index in [0.29, 0.717) is 23.7 Å². The molecule has 1 aliphatic rings. The number of nitrogens with zero attached hydrogens (tertiary/aromatic N) is 1. The normalized spacial score (nSPS) is 16.6. The van der Waals surface area contributed by atoms with Crippen LogP contribution in [0.25, 0.3) is 0 Å². The zero-order valence-electron chi connectivity index (χ0n) is 10.7. The Morgan fingerprint density at radius 1 is 1.50 bits per heavy atom. The van der Waals surface area contributed by atoms with Gasteiger partial charge in [-0.15, -0.1) is 0 Å². The lowest BCUT2D eigenvalue weighted by molar-refractivity contribution is -0.159. The van der Waals surface area contributed by atoms with Crippen molar-refractivity contribution in [2.45, 2.75) is 12.5 Å². The molecule has 20 heavy (non-hydrogen) atoms. The monoisotopic (exact) mass is 409 g/mol. The van der Waals surface area contributed by atoms with Crippen molar-refractivity contribution >= 4 is 46.1 Å². The van der Waals surface area contributed by atoms with Gasteiger partial charge in [0, 0.05) is 9.13 Å². The van der Waals surface area contributed by atoms with Crippen molar-refractivity contribution in [2.24, 2.45) is 0 Å². The van der Waals surface area contributed by atoms with Crippen molar-refractivity contribution in [1.29, 1.82) is 0 Å². The molecule has 1 fully saturated rings.